The number of carbonyl (C=O) groups excluding carboxylic acids is 2. The van der Waals surface area contributed by atoms with Gasteiger partial charge in [-0.15, -0.1) is 11.8 Å². The van der Waals surface area contributed by atoms with Crippen molar-refractivity contribution in [3.8, 4) is 0 Å². The first-order valence-corrected chi connectivity index (χ1v) is 8.21. The van der Waals surface area contributed by atoms with Crippen LogP contribution in [0.2, 0.25) is 0 Å². The summed E-state index contributed by atoms with van der Waals surface area (Å²) in [5.74, 6) is 0.966. The Morgan fingerprint density at radius 1 is 1.52 bits per heavy atom. The summed E-state index contributed by atoms with van der Waals surface area (Å²) in [5, 5.41) is 12.8. The van der Waals surface area contributed by atoms with Crippen molar-refractivity contribution in [1.82, 2.24) is 20.8 Å². The van der Waals surface area contributed by atoms with Gasteiger partial charge in [0.25, 0.3) is 0 Å². The Balaban J connectivity index is 1.50. The van der Waals surface area contributed by atoms with Gasteiger partial charge in [0.1, 0.15) is 6.04 Å². The molecule has 6 nitrogen and oxygen atoms in total. The Bertz CT molecular complexity index is 565. The van der Waals surface area contributed by atoms with E-state index >= 15 is 0 Å². The topological polar surface area (TPSA) is 86.9 Å². The molecule has 1 aliphatic carbocycles. The first kappa shape index (κ1) is 14.4. The van der Waals surface area contributed by atoms with E-state index in [1.807, 2.05) is 19.9 Å². The molecular formula is C14H20N4O2S. The van der Waals surface area contributed by atoms with Gasteiger partial charge in [0.2, 0.25) is 11.8 Å². The number of hydrogen-bond acceptors (Lipinski definition) is 4. The van der Waals surface area contributed by atoms with Gasteiger partial charge in [-0.1, -0.05) is 0 Å². The summed E-state index contributed by atoms with van der Waals surface area (Å²) in [4.78, 5) is 24.0. The zero-order valence-electron chi connectivity index (χ0n) is 12.2. The van der Waals surface area contributed by atoms with E-state index in [0.717, 1.165) is 11.4 Å². The van der Waals surface area contributed by atoms with Gasteiger partial charge in [-0.05, 0) is 32.8 Å². The molecule has 2 amide bonds. The number of aromatic nitrogens is 2. The second kappa shape index (κ2) is 5.36. The van der Waals surface area contributed by atoms with Gasteiger partial charge >= 0.3 is 0 Å². The minimum atomic E-state index is -0.459. The molecule has 1 aromatic rings. The van der Waals surface area contributed by atoms with Gasteiger partial charge in [-0.2, -0.15) is 5.10 Å². The van der Waals surface area contributed by atoms with Gasteiger partial charge < -0.3 is 10.6 Å². The maximum absolute atomic E-state index is 12.1. The molecule has 21 heavy (non-hydrogen) atoms. The maximum atomic E-state index is 12.1. The molecule has 1 saturated heterocycles. The van der Waals surface area contributed by atoms with E-state index in [9.17, 15) is 9.59 Å². The number of rotatable bonds is 4. The lowest BCUT2D eigenvalue weighted by molar-refractivity contribution is -0.129. The predicted octanol–water partition coefficient (Wildman–Crippen LogP) is 0.913. The number of hydrogen-bond donors (Lipinski definition) is 3. The van der Waals surface area contributed by atoms with Crippen LogP contribution in [0.3, 0.4) is 0 Å². The molecule has 3 N–H and O–H groups in total. The third kappa shape index (κ3) is 3.23. The molecule has 0 aromatic carbocycles. The number of carbonyl (C=O) groups is 2. The summed E-state index contributed by atoms with van der Waals surface area (Å²) in [7, 11) is 0. The fraction of sp³-hybridized carbons (Fsp3) is 0.643. The van der Waals surface area contributed by atoms with Gasteiger partial charge in [0, 0.05) is 11.7 Å². The summed E-state index contributed by atoms with van der Waals surface area (Å²) in [6.45, 7) is 4.15. The lowest BCUT2D eigenvalue weighted by Crippen LogP contribution is -2.57. The van der Waals surface area contributed by atoms with Crippen molar-refractivity contribution in [1.29, 1.82) is 0 Å². The van der Waals surface area contributed by atoms with Crippen LogP contribution in [-0.2, 0) is 16.1 Å². The first-order valence-electron chi connectivity index (χ1n) is 7.22. The Morgan fingerprint density at radius 3 is 2.95 bits per heavy atom. The Labute approximate surface area is 127 Å². The summed E-state index contributed by atoms with van der Waals surface area (Å²) in [6, 6.07) is 1.55. The lowest BCUT2D eigenvalue weighted by Gasteiger charge is -2.32. The normalized spacial score (nSPS) is 24.5. The molecule has 2 heterocycles. The second-order valence-electron chi connectivity index (χ2n) is 6.16. The van der Waals surface area contributed by atoms with E-state index < -0.39 is 10.8 Å². The van der Waals surface area contributed by atoms with E-state index in [4.69, 9.17) is 0 Å². The van der Waals surface area contributed by atoms with E-state index in [2.05, 4.69) is 20.8 Å². The summed E-state index contributed by atoms with van der Waals surface area (Å²) < 4.78 is -0.459. The van der Waals surface area contributed by atoms with E-state index in [1.165, 1.54) is 24.6 Å². The average molecular weight is 308 g/mol. The van der Waals surface area contributed by atoms with Crippen molar-refractivity contribution in [2.24, 2.45) is 0 Å². The molecule has 1 aromatic heterocycles. The van der Waals surface area contributed by atoms with Gasteiger partial charge in [-0.25, -0.2) is 0 Å². The van der Waals surface area contributed by atoms with Crippen molar-refractivity contribution in [2.75, 3.05) is 5.75 Å². The van der Waals surface area contributed by atoms with E-state index in [0.29, 0.717) is 18.2 Å². The molecule has 2 fully saturated rings. The molecule has 1 atom stereocenters. The van der Waals surface area contributed by atoms with Crippen LogP contribution in [0.4, 0.5) is 0 Å². The van der Waals surface area contributed by atoms with Crippen LogP contribution in [0, 0.1) is 0 Å². The fourth-order valence-corrected chi connectivity index (χ4v) is 3.24. The molecule has 7 heteroatoms. The zero-order valence-corrected chi connectivity index (χ0v) is 13.0. The van der Waals surface area contributed by atoms with Crippen LogP contribution in [0.15, 0.2) is 6.07 Å². The third-order valence-corrected chi connectivity index (χ3v) is 5.29. The SMILES string of the molecule is CC1(C)SC[C@@H](C(=O)NCc2cc(C3CC3)n[nH]2)NC1=O. The van der Waals surface area contributed by atoms with Crippen LogP contribution >= 0.6 is 11.8 Å². The minimum Gasteiger partial charge on any atom is -0.349 e. The van der Waals surface area contributed by atoms with Crippen molar-refractivity contribution in [2.45, 2.75) is 49.9 Å². The molecule has 3 rings (SSSR count). The molecule has 1 aliphatic heterocycles. The van der Waals surface area contributed by atoms with Crippen LogP contribution in [-0.4, -0.2) is 38.6 Å². The van der Waals surface area contributed by atoms with Gasteiger partial charge in [-0.3, -0.25) is 14.7 Å². The quantitative estimate of drug-likeness (QED) is 0.772. The highest BCUT2D eigenvalue weighted by atomic mass is 32.2. The standard InChI is InChI=1S/C14H20N4O2S/c1-14(2)13(20)16-11(7-21-14)12(19)15-6-9-5-10(18-17-9)8-3-4-8/h5,8,11H,3-4,6-7H2,1-2H3,(H,15,19)(H,16,20)(H,17,18)/t11-/m0/s1. The zero-order chi connectivity index (χ0) is 15.0. The Hall–Kier alpha value is -1.50. The van der Waals surface area contributed by atoms with Gasteiger partial charge in [0.15, 0.2) is 0 Å². The van der Waals surface area contributed by atoms with Crippen molar-refractivity contribution >= 4 is 23.6 Å². The lowest BCUT2D eigenvalue weighted by atomic mass is 10.1. The number of nitrogens with zero attached hydrogens (tertiary/aromatic N) is 1. The maximum Gasteiger partial charge on any atom is 0.243 e. The summed E-state index contributed by atoms with van der Waals surface area (Å²) in [5.41, 5.74) is 1.99. The second-order valence-corrected chi connectivity index (χ2v) is 7.80. The van der Waals surface area contributed by atoms with Crippen LogP contribution < -0.4 is 10.6 Å². The highest BCUT2D eigenvalue weighted by Crippen LogP contribution is 2.38. The smallest absolute Gasteiger partial charge is 0.243 e. The molecule has 0 spiro atoms. The number of H-pyrrole nitrogens is 1. The molecule has 0 radical (unpaired) electrons. The Kier molecular flexibility index (Phi) is 3.69. The largest absolute Gasteiger partial charge is 0.349 e. The van der Waals surface area contributed by atoms with E-state index in [-0.39, 0.29) is 11.8 Å². The summed E-state index contributed by atoms with van der Waals surface area (Å²) in [6.07, 6.45) is 2.41. The highest BCUT2D eigenvalue weighted by molar-refractivity contribution is 8.01. The number of thioether (sulfide) groups is 1. The van der Waals surface area contributed by atoms with Gasteiger partial charge in [0.05, 0.1) is 22.7 Å². The monoisotopic (exact) mass is 308 g/mol. The molecule has 2 aliphatic rings. The summed E-state index contributed by atoms with van der Waals surface area (Å²) >= 11 is 1.51. The molecule has 1 saturated carbocycles. The van der Waals surface area contributed by atoms with Crippen molar-refractivity contribution in [3.05, 3.63) is 17.5 Å². The Morgan fingerprint density at radius 2 is 2.29 bits per heavy atom. The van der Waals surface area contributed by atoms with Crippen molar-refractivity contribution < 1.29 is 9.59 Å². The molecule has 0 unspecified atom stereocenters. The number of nitrogens with one attached hydrogen (secondary N) is 3. The molecule has 0 bridgehead atoms. The predicted molar refractivity (Wildman–Crippen MR) is 80.9 cm³/mol. The van der Waals surface area contributed by atoms with Crippen LogP contribution in [0.1, 0.15) is 44.0 Å². The van der Waals surface area contributed by atoms with Crippen LogP contribution in [0.5, 0.6) is 0 Å². The first-order chi connectivity index (χ1) is 9.95. The van der Waals surface area contributed by atoms with E-state index in [1.54, 1.807) is 0 Å². The highest BCUT2D eigenvalue weighted by Gasteiger charge is 2.37. The average Bonchev–Trinajstić information content (AvgIpc) is 3.18. The number of amides is 2. The minimum absolute atomic E-state index is 0.0866. The van der Waals surface area contributed by atoms with Crippen molar-refractivity contribution in [3.63, 3.8) is 0 Å². The third-order valence-electron chi connectivity index (χ3n) is 3.88. The molecule has 114 valence electrons. The molecular weight excluding hydrogens is 288 g/mol. The van der Waals surface area contributed by atoms with Crippen LogP contribution in [0.25, 0.3) is 0 Å². The number of aromatic amines is 1. The fourth-order valence-electron chi connectivity index (χ4n) is 2.24.